The third-order valence-electron chi connectivity index (χ3n) is 4.39. The maximum atomic E-state index is 12.4. The predicted molar refractivity (Wildman–Crippen MR) is 98.0 cm³/mol. The summed E-state index contributed by atoms with van der Waals surface area (Å²) in [6.45, 7) is 1.16. The number of methoxy groups -OCH3 is 1. The number of thiophene rings is 1. The Kier molecular flexibility index (Phi) is 5.35. The van der Waals surface area contributed by atoms with Gasteiger partial charge >= 0.3 is 0 Å². The van der Waals surface area contributed by atoms with E-state index in [1.54, 1.807) is 18.6 Å². The Bertz CT molecular complexity index is 757. The predicted octanol–water partition coefficient (Wildman–Crippen LogP) is 2.63. The maximum Gasteiger partial charge on any atom is 0.251 e. The quantitative estimate of drug-likeness (QED) is 0.830. The van der Waals surface area contributed by atoms with Crippen molar-refractivity contribution in [2.75, 3.05) is 25.5 Å². The molecule has 1 aromatic heterocycles. The maximum absolute atomic E-state index is 12.4. The average Bonchev–Trinajstić information content (AvgIpc) is 3.24. The van der Waals surface area contributed by atoms with E-state index in [9.17, 15) is 9.59 Å². The van der Waals surface area contributed by atoms with Crippen LogP contribution in [0, 0.1) is 0 Å². The van der Waals surface area contributed by atoms with Crippen LogP contribution in [0.2, 0.25) is 0 Å². The third-order valence-corrected chi connectivity index (χ3v) is 5.22. The number of nitrogens with two attached hydrogens (primary N) is 1. The van der Waals surface area contributed by atoms with Crippen LogP contribution in [0.25, 0.3) is 0 Å². The van der Waals surface area contributed by atoms with Crippen LogP contribution in [0.5, 0.6) is 5.75 Å². The summed E-state index contributed by atoms with van der Waals surface area (Å²) in [7, 11) is 1.64. The summed E-state index contributed by atoms with van der Waals surface area (Å²) in [6, 6.07) is 9.82. The molecule has 1 fully saturated rings. The van der Waals surface area contributed by atoms with Crippen molar-refractivity contribution in [1.82, 2.24) is 4.90 Å². The van der Waals surface area contributed by atoms with E-state index >= 15 is 0 Å². The molecule has 2 aromatic rings. The van der Waals surface area contributed by atoms with Gasteiger partial charge in [0.15, 0.2) is 0 Å². The number of carbonyl (C=O) groups excluding carboxylic acids is 2. The van der Waals surface area contributed by atoms with Crippen LogP contribution < -0.4 is 15.8 Å². The SMILES string of the molecule is COc1ccc([C@H]2CCCN2CC(=O)Nc2sccc2C(N)=O)cc1. The van der Waals surface area contributed by atoms with Crippen molar-refractivity contribution >= 4 is 28.2 Å². The molecule has 1 saturated heterocycles. The fraction of sp³-hybridized carbons (Fsp3) is 0.333. The molecule has 0 unspecified atom stereocenters. The molecule has 1 aliphatic rings. The van der Waals surface area contributed by atoms with Crippen LogP contribution >= 0.6 is 11.3 Å². The lowest BCUT2D eigenvalue weighted by Crippen LogP contribution is -2.33. The van der Waals surface area contributed by atoms with Crippen LogP contribution in [-0.2, 0) is 4.79 Å². The molecule has 3 rings (SSSR count). The van der Waals surface area contributed by atoms with Crippen molar-refractivity contribution in [3.8, 4) is 5.75 Å². The minimum atomic E-state index is -0.533. The van der Waals surface area contributed by atoms with E-state index in [4.69, 9.17) is 10.5 Å². The van der Waals surface area contributed by atoms with Crippen LogP contribution in [0.4, 0.5) is 5.00 Å². The van der Waals surface area contributed by atoms with Crippen LogP contribution in [0.3, 0.4) is 0 Å². The number of rotatable bonds is 6. The standard InChI is InChI=1S/C18H21N3O3S/c1-24-13-6-4-12(5-7-13)15-3-2-9-21(15)11-16(22)20-18-14(17(19)23)8-10-25-18/h4-8,10,15H,2-3,9,11H2,1H3,(H2,19,23)(H,20,22)/t15-/m1/s1. The number of anilines is 1. The topological polar surface area (TPSA) is 84.7 Å². The number of benzene rings is 1. The minimum absolute atomic E-state index is 0.134. The molecule has 1 aromatic carbocycles. The second-order valence-electron chi connectivity index (χ2n) is 5.98. The molecule has 0 radical (unpaired) electrons. The van der Waals surface area contributed by atoms with E-state index in [0.717, 1.165) is 25.1 Å². The highest BCUT2D eigenvalue weighted by atomic mass is 32.1. The Morgan fingerprint density at radius 2 is 2.08 bits per heavy atom. The van der Waals surface area contributed by atoms with Crippen molar-refractivity contribution in [1.29, 1.82) is 0 Å². The molecule has 25 heavy (non-hydrogen) atoms. The number of nitrogens with one attached hydrogen (secondary N) is 1. The molecule has 0 bridgehead atoms. The van der Waals surface area contributed by atoms with Gasteiger partial charge in [-0.05, 0) is 48.5 Å². The highest BCUT2D eigenvalue weighted by Gasteiger charge is 2.28. The lowest BCUT2D eigenvalue weighted by Gasteiger charge is -2.24. The van der Waals surface area contributed by atoms with Gasteiger partial charge in [-0.15, -0.1) is 11.3 Å². The first kappa shape index (κ1) is 17.4. The highest BCUT2D eigenvalue weighted by Crippen LogP contribution is 2.32. The molecule has 0 saturated carbocycles. The molecule has 0 aliphatic carbocycles. The van der Waals surface area contributed by atoms with E-state index in [-0.39, 0.29) is 18.5 Å². The zero-order valence-electron chi connectivity index (χ0n) is 14.0. The van der Waals surface area contributed by atoms with Gasteiger partial charge in [-0.3, -0.25) is 14.5 Å². The lowest BCUT2D eigenvalue weighted by molar-refractivity contribution is -0.117. The minimum Gasteiger partial charge on any atom is -0.497 e. The summed E-state index contributed by atoms with van der Waals surface area (Å²) in [5.74, 6) is 0.155. The summed E-state index contributed by atoms with van der Waals surface area (Å²) >= 11 is 1.30. The van der Waals surface area contributed by atoms with Gasteiger partial charge in [-0.1, -0.05) is 12.1 Å². The average molecular weight is 359 g/mol. The van der Waals surface area contributed by atoms with Gasteiger partial charge in [0.2, 0.25) is 5.91 Å². The van der Waals surface area contributed by atoms with Crippen molar-refractivity contribution in [2.45, 2.75) is 18.9 Å². The number of ether oxygens (including phenoxy) is 1. The molecule has 1 atom stereocenters. The first-order valence-corrected chi connectivity index (χ1v) is 9.01. The van der Waals surface area contributed by atoms with E-state index in [0.29, 0.717) is 10.6 Å². The number of primary amides is 1. The van der Waals surface area contributed by atoms with Gasteiger partial charge in [-0.25, -0.2) is 0 Å². The van der Waals surface area contributed by atoms with E-state index in [2.05, 4.69) is 10.2 Å². The fourth-order valence-corrected chi connectivity index (χ4v) is 3.98. The molecular weight excluding hydrogens is 338 g/mol. The van der Waals surface area contributed by atoms with Crippen molar-refractivity contribution in [2.24, 2.45) is 5.73 Å². The van der Waals surface area contributed by atoms with E-state index in [1.807, 2.05) is 24.3 Å². The van der Waals surface area contributed by atoms with E-state index < -0.39 is 5.91 Å². The smallest absolute Gasteiger partial charge is 0.251 e. The Balaban J connectivity index is 1.65. The monoisotopic (exact) mass is 359 g/mol. The molecule has 132 valence electrons. The molecule has 6 nitrogen and oxygen atoms in total. The second-order valence-corrected chi connectivity index (χ2v) is 6.89. The van der Waals surface area contributed by atoms with Crippen LogP contribution in [0.1, 0.15) is 34.8 Å². The zero-order chi connectivity index (χ0) is 17.8. The number of hydrogen-bond donors (Lipinski definition) is 2. The normalized spacial score (nSPS) is 17.4. The summed E-state index contributed by atoms with van der Waals surface area (Å²) in [5.41, 5.74) is 6.85. The number of nitrogens with zero attached hydrogens (tertiary/aromatic N) is 1. The van der Waals surface area contributed by atoms with Gasteiger partial charge in [0.05, 0.1) is 19.2 Å². The molecule has 2 heterocycles. The lowest BCUT2D eigenvalue weighted by atomic mass is 10.0. The summed E-state index contributed by atoms with van der Waals surface area (Å²) < 4.78 is 5.20. The van der Waals surface area contributed by atoms with Crippen LogP contribution in [-0.4, -0.2) is 36.9 Å². The first-order chi connectivity index (χ1) is 12.1. The summed E-state index contributed by atoms with van der Waals surface area (Å²) in [5, 5.41) is 5.06. The Hall–Kier alpha value is -2.38. The molecule has 0 spiro atoms. The highest BCUT2D eigenvalue weighted by molar-refractivity contribution is 7.14. The molecular formula is C18H21N3O3S. The fourth-order valence-electron chi connectivity index (χ4n) is 3.17. The second kappa shape index (κ2) is 7.67. The first-order valence-electron chi connectivity index (χ1n) is 8.13. The third kappa shape index (κ3) is 4.00. The molecule has 1 aliphatic heterocycles. The summed E-state index contributed by atoms with van der Waals surface area (Å²) in [4.78, 5) is 25.9. The Morgan fingerprint density at radius 1 is 1.32 bits per heavy atom. The zero-order valence-corrected chi connectivity index (χ0v) is 14.8. The van der Waals surface area contributed by atoms with Gasteiger partial charge in [0.1, 0.15) is 10.8 Å². The van der Waals surface area contributed by atoms with Gasteiger partial charge in [-0.2, -0.15) is 0 Å². The van der Waals surface area contributed by atoms with Crippen molar-refractivity contribution < 1.29 is 14.3 Å². The van der Waals surface area contributed by atoms with Gasteiger partial charge in [0, 0.05) is 6.04 Å². The number of carbonyl (C=O) groups is 2. The van der Waals surface area contributed by atoms with Crippen molar-refractivity contribution in [3.63, 3.8) is 0 Å². The van der Waals surface area contributed by atoms with E-state index in [1.165, 1.54) is 16.9 Å². The molecule has 3 N–H and O–H groups in total. The Labute approximate surface area is 150 Å². The molecule has 2 amide bonds. The van der Waals surface area contributed by atoms with Gasteiger partial charge in [0.25, 0.3) is 5.91 Å². The molecule has 7 heteroatoms. The largest absolute Gasteiger partial charge is 0.497 e. The number of likely N-dealkylation sites (tertiary alicyclic amines) is 1. The Morgan fingerprint density at radius 3 is 2.76 bits per heavy atom. The number of amides is 2. The summed E-state index contributed by atoms with van der Waals surface area (Å²) in [6.07, 6.45) is 2.07. The van der Waals surface area contributed by atoms with Crippen LogP contribution in [0.15, 0.2) is 35.7 Å². The number of hydrogen-bond acceptors (Lipinski definition) is 5. The van der Waals surface area contributed by atoms with Crippen molar-refractivity contribution in [3.05, 3.63) is 46.8 Å². The van der Waals surface area contributed by atoms with Gasteiger partial charge < -0.3 is 15.8 Å².